The smallest absolute Gasteiger partial charge is 0.323 e. The quantitative estimate of drug-likeness (QED) is 0.870. The number of ether oxygens (including phenoxy) is 2. The molecule has 1 aromatic heterocycles. The Labute approximate surface area is 162 Å². The molecular formula is C19H24FN5O3. The van der Waals surface area contributed by atoms with E-state index in [-0.39, 0.29) is 24.0 Å². The normalized spacial score (nSPS) is 19.0. The molecule has 0 radical (unpaired) electrons. The Morgan fingerprint density at radius 1 is 1.29 bits per heavy atom. The number of anilines is 1. The molecule has 8 nitrogen and oxygen atoms in total. The maximum atomic E-state index is 13.9. The van der Waals surface area contributed by atoms with E-state index in [1.165, 1.54) is 6.07 Å². The predicted molar refractivity (Wildman–Crippen MR) is 99.6 cm³/mol. The lowest BCUT2D eigenvalue weighted by molar-refractivity contribution is -0.144. The van der Waals surface area contributed by atoms with E-state index in [0.29, 0.717) is 50.0 Å². The number of amides is 2. The average molecular weight is 389 g/mol. The average Bonchev–Trinajstić information content (AvgIpc) is 3.04. The molecule has 1 aromatic carbocycles. The molecule has 4 rings (SSSR count). The third-order valence-electron chi connectivity index (χ3n) is 5.43. The summed E-state index contributed by atoms with van der Waals surface area (Å²) < 4.78 is 26.8. The van der Waals surface area contributed by atoms with E-state index in [9.17, 15) is 9.18 Å². The summed E-state index contributed by atoms with van der Waals surface area (Å²) in [5, 5.41) is 11.0. The lowest BCUT2D eigenvalue weighted by Crippen LogP contribution is -2.56. The highest BCUT2D eigenvalue weighted by Crippen LogP contribution is 2.29. The highest BCUT2D eigenvalue weighted by Gasteiger charge is 2.39. The topological polar surface area (TPSA) is 81.5 Å². The Morgan fingerprint density at radius 3 is 2.86 bits per heavy atom. The second kappa shape index (κ2) is 7.84. The number of morpholine rings is 1. The summed E-state index contributed by atoms with van der Waals surface area (Å²) in [6.07, 6.45) is 1.57. The van der Waals surface area contributed by atoms with E-state index in [2.05, 4.69) is 15.6 Å². The summed E-state index contributed by atoms with van der Waals surface area (Å²) in [5.74, 6) is 0.0897. The van der Waals surface area contributed by atoms with Crippen LogP contribution in [0.15, 0.2) is 24.3 Å². The molecule has 1 spiro atoms. The fourth-order valence-electron chi connectivity index (χ4n) is 3.66. The first-order valence-electron chi connectivity index (χ1n) is 9.47. The molecule has 2 aromatic rings. The van der Waals surface area contributed by atoms with Crippen molar-refractivity contribution in [3.63, 3.8) is 0 Å². The molecule has 2 saturated heterocycles. The zero-order valence-corrected chi connectivity index (χ0v) is 15.9. The molecule has 2 aliphatic rings. The summed E-state index contributed by atoms with van der Waals surface area (Å²) in [5.41, 5.74) is 0.874. The zero-order chi connectivity index (χ0) is 19.6. The van der Waals surface area contributed by atoms with Crippen molar-refractivity contribution >= 4 is 11.8 Å². The SMILES string of the molecule is Cc1c(NC(=O)N2CCOC3(CCOCC3)C2)nnn1Cc1ccccc1F. The minimum Gasteiger partial charge on any atom is -0.381 e. The van der Waals surface area contributed by atoms with Gasteiger partial charge in [0.1, 0.15) is 5.82 Å². The highest BCUT2D eigenvalue weighted by molar-refractivity contribution is 5.88. The van der Waals surface area contributed by atoms with Crippen LogP contribution in [0.2, 0.25) is 0 Å². The van der Waals surface area contributed by atoms with E-state index >= 15 is 0 Å². The lowest BCUT2D eigenvalue weighted by atomic mass is 9.92. The molecule has 150 valence electrons. The summed E-state index contributed by atoms with van der Waals surface area (Å²) in [6, 6.07) is 6.31. The standard InChI is InChI=1S/C19H24FN5O3/c1-14-17(22-23-25(14)12-15-4-2-3-5-16(15)20)21-18(26)24-8-11-28-19(13-24)6-9-27-10-7-19/h2-5H,6-13H2,1H3,(H,21,26). The van der Waals surface area contributed by atoms with Gasteiger partial charge in [0, 0.05) is 38.2 Å². The monoisotopic (exact) mass is 389 g/mol. The summed E-state index contributed by atoms with van der Waals surface area (Å²) in [6.45, 7) is 4.92. The first-order chi connectivity index (χ1) is 13.6. The number of aromatic nitrogens is 3. The number of hydrogen-bond donors (Lipinski definition) is 1. The van der Waals surface area contributed by atoms with Gasteiger partial charge in [0.25, 0.3) is 0 Å². The number of hydrogen-bond acceptors (Lipinski definition) is 5. The summed E-state index contributed by atoms with van der Waals surface area (Å²) in [7, 11) is 0. The Morgan fingerprint density at radius 2 is 2.07 bits per heavy atom. The van der Waals surface area contributed by atoms with Crippen LogP contribution < -0.4 is 5.32 Å². The van der Waals surface area contributed by atoms with Gasteiger partial charge in [0.2, 0.25) is 0 Å². The van der Waals surface area contributed by atoms with Gasteiger partial charge >= 0.3 is 6.03 Å². The molecule has 0 saturated carbocycles. The molecule has 28 heavy (non-hydrogen) atoms. The van der Waals surface area contributed by atoms with Gasteiger partial charge in [-0.3, -0.25) is 5.32 Å². The first kappa shape index (κ1) is 18.8. The fraction of sp³-hybridized carbons (Fsp3) is 0.526. The van der Waals surface area contributed by atoms with Crippen molar-refractivity contribution in [3.8, 4) is 0 Å². The van der Waals surface area contributed by atoms with Crippen LogP contribution in [0.3, 0.4) is 0 Å². The molecular weight excluding hydrogens is 365 g/mol. The van der Waals surface area contributed by atoms with Gasteiger partial charge in [-0.2, -0.15) is 0 Å². The van der Waals surface area contributed by atoms with Crippen LogP contribution in [0.4, 0.5) is 15.0 Å². The third-order valence-corrected chi connectivity index (χ3v) is 5.43. The van der Waals surface area contributed by atoms with Crippen molar-refractivity contribution in [2.45, 2.75) is 31.9 Å². The third kappa shape index (κ3) is 3.85. The van der Waals surface area contributed by atoms with Crippen molar-refractivity contribution < 1.29 is 18.7 Å². The largest absolute Gasteiger partial charge is 0.381 e. The van der Waals surface area contributed by atoms with E-state index in [1.54, 1.807) is 34.7 Å². The Hall–Kier alpha value is -2.52. The van der Waals surface area contributed by atoms with Crippen LogP contribution in [0, 0.1) is 12.7 Å². The van der Waals surface area contributed by atoms with Crippen molar-refractivity contribution in [2.24, 2.45) is 0 Å². The van der Waals surface area contributed by atoms with Crippen LogP contribution >= 0.6 is 0 Å². The Balaban J connectivity index is 1.42. The molecule has 9 heteroatoms. The van der Waals surface area contributed by atoms with Crippen molar-refractivity contribution in [2.75, 3.05) is 38.2 Å². The van der Waals surface area contributed by atoms with Gasteiger partial charge in [-0.15, -0.1) is 5.10 Å². The minimum absolute atomic E-state index is 0.227. The van der Waals surface area contributed by atoms with Gasteiger partial charge in [-0.25, -0.2) is 13.9 Å². The molecule has 2 amide bonds. The van der Waals surface area contributed by atoms with Gasteiger partial charge < -0.3 is 14.4 Å². The number of rotatable bonds is 3. The Kier molecular flexibility index (Phi) is 5.27. The molecule has 2 aliphatic heterocycles. The van der Waals surface area contributed by atoms with E-state index in [0.717, 1.165) is 12.8 Å². The van der Waals surface area contributed by atoms with Gasteiger partial charge in [0.15, 0.2) is 5.82 Å². The van der Waals surface area contributed by atoms with Gasteiger partial charge in [0.05, 0.1) is 31.0 Å². The second-order valence-electron chi connectivity index (χ2n) is 7.27. The van der Waals surface area contributed by atoms with Crippen LogP contribution in [0.5, 0.6) is 0 Å². The minimum atomic E-state index is -0.314. The van der Waals surface area contributed by atoms with E-state index in [4.69, 9.17) is 9.47 Å². The van der Waals surface area contributed by atoms with Crippen molar-refractivity contribution in [1.29, 1.82) is 0 Å². The van der Waals surface area contributed by atoms with Gasteiger partial charge in [-0.05, 0) is 13.0 Å². The van der Waals surface area contributed by atoms with Crippen LogP contribution in [-0.4, -0.2) is 64.4 Å². The Bertz CT molecular complexity index is 844. The van der Waals surface area contributed by atoms with Crippen LogP contribution in [-0.2, 0) is 16.0 Å². The van der Waals surface area contributed by atoms with Crippen LogP contribution in [0.25, 0.3) is 0 Å². The highest BCUT2D eigenvalue weighted by atomic mass is 19.1. The number of halogens is 1. The molecule has 3 heterocycles. The molecule has 0 bridgehead atoms. The number of urea groups is 1. The molecule has 1 N–H and O–H groups in total. The number of carbonyl (C=O) groups excluding carboxylic acids is 1. The summed E-state index contributed by atoms with van der Waals surface area (Å²) in [4.78, 5) is 14.5. The number of nitrogens with one attached hydrogen (secondary N) is 1. The second-order valence-corrected chi connectivity index (χ2v) is 7.27. The maximum absolute atomic E-state index is 13.9. The lowest BCUT2D eigenvalue weighted by Gasteiger charge is -2.44. The first-order valence-corrected chi connectivity index (χ1v) is 9.47. The van der Waals surface area contributed by atoms with E-state index < -0.39 is 0 Å². The number of nitrogens with zero attached hydrogens (tertiary/aromatic N) is 4. The molecule has 0 unspecified atom stereocenters. The van der Waals surface area contributed by atoms with Crippen molar-refractivity contribution in [3.05, 3.63) is 41.3 Å². The number of carbonyl (C=O) groups is 1. The maximum Gasteiger partial charge on any atom is 0.323 e. The van der Waals surface area contributed by atoms with E-state index in [1.807, 2.05) is 0 Å². The molecule has 2 fully saturated rings. The van der Waals surface area contributed by atoms with Crippen molar-refractivity contribution in [1.82, 2.24) is 19.9 Å². The predicted octanol–water partition coefficient (Wildman–Crippen LogP) is 2.19. The van der Waals surface area contributed by atoms with Crippen LogP contribution in [0.1, 0.15) is 24.1 Å². The molecule has 0 aliphatic carbocycles. The molecule has 0 atom stereocenters. The number of benzene rings is 1. The summed E-state index contributed by atoms with van der Waals surface area (Å²) >= 11 is 0. The zero-order valence-electron chi connectivity index (χ0n) is 15.9. The van der Waals surface area contributed by atoms with Gasteiger partial charge in [-0.1, -0.05) is 23.4 Å². The fourth-order valence-corrected chi connectivity index (χ4v) is 3.66.